The fraction of sp³-hybridized carbons (Fsp3) is 0.136. The third-order valence-corrected chi connectivity index (χ3v) is 4.48. The second-order valence-electron chi connectivity index (χ2n) is 6.69. The molecular weight excluding hydrogens is 422 g/mol. The number of fused-ring (bicyclic) bond motifs is 1. The molecule has 4 rings (SSSR count). The Morgan fingerprint density at radius 3 is 2.48 bits per heavy atom. The molecule has 2 aromatic heterocycles. The summed E-state index contributed by atoms with van der Waals surface area (Å²) in [5.74, 6) is 1.43. The standard InChI is InChI=1S/C22H18ClN3O5/c1-14-10-20-24-17(11-22(28)26(20)31-14)12-29-19-8-4-16(5-9-19)25-21(27)13-30-18-6-2-15(23)3-7-18/h2-11H,12-13H2,1H3,(H,25,27). The topological polar surface area (TPSA) is 95.1 Å². The lowest BCUT2D eigenvalue weighted by Crippen LogP contribution is -2.20. The van der Waals surface area contributed by atoms with Crippen molar-refractivity contribution in [2.75, 3.05) is 11.9 Å². The number of benzene rings is 2. The number of hydrogen-bond acceptors (Lipinski definition) is 6. The molecule has 0 aliphatic carbocycles. The lowest BCUT2D eigenvalue weighted by molar-refractivity contribution is -0.118. The van der Waals surface area contributed by atoms with Crippen molar-refractivity contribution in [2.24, 2.45) is 0 Å². The van der Waals surface area contributed by atoms with E-state index in [4.69, 9.17) is 25.6 Å². The average Bonchev–Trinajstić information content (AvgIpc) is 3.14. The van der Waals surface area contributed by atoms with Gasteiger partial charge in [-0.1, -0.05) is 11.6 Å². The first kappa shape index (κ1) is 20.5. The molecule has 0 radical (unpaired) electrons. The molecule has 158 valence electrons. The van der Waals surface area contributed by atoms with Gasteiger partial charge >= 0.3 is 0 Å². The zero-order valence-electron chi connectivity index (χ0n) is 16.5. The fourth-order valence-electron chi connectivity index (χ4n) is 2.82. The highest BCUT2D eigenvalue weighted by Gasteiger charge is 2.08. The van der Waals surface area contributed by atoms with Crippen molar-refractivity contribution in [1.82, 2.24) is 9.56 Å². The molecule has 0 bridgehead atoms. The number of anilines is 1. The van der Waals surface area contributed by atoms with E-state index in [0.717, 1.165) is 4.57 Å². The van der Waals surface area contributed by atoms with Gasteiger partial charge in [-0.05, 0) is 55.5 Å². The molecule has 2 heterocycles. The average molecular weight is 440 g/mol. The van der Waals surface area contributed by atoms with Gasteiger partial charge in [-0.3, -0.25) is 9.59 Å². The summed E-state index contributed by atoms with van der Waals surface area (Å²) >= 11 is 5.82. The molecule has 31 heavy (non-hydrogen) atoms. The number of amides is 1. The quantitative estimate of drug-likeness (QED) is 0.470. The number of nitrogens with zero attached hydrogens (tertiary/aromatic N) is 2. The predicted octanol–water partition coefficient (Wildman–Crippen LogP) is 3.85. The number of aryl methyl sites for hydroxylation is 1. The lowest BCUT2D eigenvalue weighted by Gasteiger charge is -2.09. The number of halogens is 1. The summed E-state index contributed by atoms with van der Waals surface area (Å²) in [5.41, 5.74) is 1.21. The van der Waals surface area contributed by atoms with Crippen LogP contribution in [-0.4, -0.2) is 22.1 Å². The van der Waals surface area contributed by atoms with Crippen LogP contribution in [0.15, 0.2) is 70.0 Å². The van der Waals surface area contributed by atoms with Gasteiger partial charge in [0.1, 0.15) is 23.9 Å². The van der Waals surface area contributed by atoms with Crippen molar-refractivity contribution in [3.05, 3.63) is 87.5 Å². The molecule has 0 saturated heterocycles. The summed E-state index contributed by atoms with van der Waals surface area (Å²) in [6.45, 7) is 1.74. The van der Waals surface area contributed by atoms with Crippen molar-refractivity contribution in [3.63, 3.8) is 0 Å². The van der Waals surface area contributed by atoms with Crippen molar-refractivity contribution in [3.8, 4) is 11.5 Å². The highest BCUT2D eigenvalue weighted by atomic mass is 35.5. The van der Waals surface area contributed by atoms with E-state index in [1.807, 2.05) is 0 Å². The second kappa shape index (κ2) is 8.93. The van der Waals surface area contributed by atoms with Crippen LogP contribution in [0.1, 0.15) is 11.5 Å². The number of hydrogen-bond donors (Lipinski definition) is 1. The largest absolute Gasteiger partial charge is 0.487 e. The van der Waals surface area contributed by atoms with Gasteiger partial charge in [0, 0.05) is 22.8 Å². The van der Waals surface area contributed by atoms with E-state index in [9.17, 15) is 9.59 Å². The highest BCUT2D eigenvalue weighted by molar-refractivity contribution is 6.30. The van der Waals surface area contributed by atoms with Gasteiger partial charge in [0.25, 0.3) is 11.5 Å². The van der Waals surface area contributed by atoms with Gasteiger partial charge in [-0.15, -0.1) is 4.57 Å². The van der Waals surface area contributed by atoms with Crippen LogP contribution in [0.3, 0.4) is 0 Å². The first-order valence-electron chi connectivity index (χ1n) is 9.37. The van der Waals surface area contributed by atoms with Gasteiger partial charge in [-0.25, -0.2) is 4.98 Å². The molecule has 0 saturated carbocycles. The molecular formula is C22H18ClN3O5. The maximum atomic E-state index is 12.0. The Kier molecular flexibility index (Phi) is 5.90. The zero-order valence-corrected chi connectivity index (χ0v) is 17.3. The van der Waals surface area contributed by atoms with Crippen LogP contribution in [0.4, 0.5) is 5.69 Å². The Morgan fingerprint density at radius 1 is 1.06 bits per heavy atom. The number of carbonyl (C=O) groups excluding carboxylic acids is 1. The Balaban J connectivity index is 1.30. The molecule has 0 atom stereocenters. The van der Waals surface area contributed by atoms with Crippen LogP contribution in [0.5, 0.6) is 11.5 Å². The van der Waals surface area contributed by atoms with Crippen molar-refractivity contribution < 1.29 is 18.8 Å². The van der Waals surface area contributed by atoms with Crippen molar-refractivity contribution in [2.45, 2.75) is 13.5 Å². The van der Waals surface area contributed by atoms with Crippen LogP contribution >= 0.6 is 11.6 Å². The van der Waals surface area contributed by atoms with E-state index in [1.54, 1.807) is 61.5 Å². The number of ether oxygens (including phenoxy) is 2. The van der Waals surface area contributed by atoms with Crippen LogP contribution < -0.4 is 20.3 Å². The summed E-state index contributed by atoms with van der Waals surface area (Å²) in [5, 5.41) is 3.34. The van der Waals surface area contributed by atoms with Gasteiger partial charge in [0.2, 0.25) is 0 Å². The minimum Gasteiger partial charge on any atom is -0.487 e. The third-order valence-electron chi connectivity index (χ3n) is 4.23. The van der Waals surface area contributed by atoms with Gasteiger partial charge in [-0.2, -0.15) is 0 Å². The molecule has 4 aromatic rings. The minimum absolute atomic E-state index is 0.122. The van der Waals surface area contributed by atoms with Crippen molar-refractivity contribution in [1.29, 1.82) is 0 Å². The van der Waals surface area contributed by atoms with Gasteiger partial charge in [0.05, 0.1) is 5.69 Å². The van der Waals surface area contributed by atoms with Crippen LogP contribution in [0, 0.1) is 6.92 Å². The molecule has 0 fully saturated rings. The van der Waals surface area contributed by atoms with E-state index in [2.05, 4.69) is 10.3 Å². The summed E-state index contributed by atoms with van der Waals surface area (Å²) in [6, 6.07) is 16.6. The third kappa shape index (κ3) is 5.23. The maximum Gasteiger partial charge on any atom is 0.287 e. The smallest absolute Gasteiger partial charge is 0.287 e. The molecule has 0 spiro atoms. The molecule has 0 unspecified atom stereocenters. The molecule has 2 aromatic carbocycles. The van der Waals surface area contributed by atoms with Gasteiger partial charge in [0.15, 0.2) is 12.3 Å². The number of carbonyl (C=O) groups is 1. The Bertz CT molecular complexity index is 1260. The van der Waals surface area contributed by atoms with Crippen LogP contribution in [0.25, 0.3) is 5.65 Å². The predicted molar refractivity (Wildman–Crippen MR) is 115 cm³/mol. The van der Waals surface area contributed by atoms with E-state index in [1.165, 1.54) is 6.07 Å². The van der Waals surface area contributed by atoms with E-state index in [-0.39, 0.29) is 24.7 Å². The normalized spacial score (nSPS) is 10.8. The van der Waals surface area contributed by atoms with Gasteiger partial charge < -0.3 is 19.3 Å². The molecule has 9 heteroatoms. The number of aromatic nitrogens is 2. The molecule has 8 nitrogen and oxygen atoms in total. The summed E-state index contributed by atoms with van der Waals surface area (Å²) < 4.78 is 17.5. The SMILES string of the molecule is Cc1cc2nc(COc3ccc(NC(=O)COc4ccc(Cl)cc4)cc3)cc(=O)n2o1. The molecule has 1 amide bonds. The van der Waals surface area contributed by atoms with Crippen molar-refractivity contribution >= 4 is 28.8 Å². The van der Waals surface area contributed by atoms with E-state index < -0.39 is 0 Å². The van der Waals surface area contributed by atoms with E-state index >= 15 is 0 Å². The fourth-order valence-corrected chi connectivity index (χ4v) is 2.94. The Hall–Kier alpha value is -3.78. The highest BCUT2D eigenvalue weighted by Crippen LogP contribution is 2.18. The van der Waals surface area contributed by atoms with Crippen LogP contribution in [-0.2, 0) is 11.4 Å². The Morgan fingerprint density at radius 2 is 1.74 bits per heavy atom. The first-order valence-corrected chi connectivity index (χ1v) is 9.75. The maximum absolute atomic E-state index is 12.0. The molecule has 0 aliphatic rings. The molecule has 1 N–H and O–H groups in total. The molecule has 0 aliphatic heterocycles. The monoisotopic (exact) mass is 439 g/mol. The summed E-state index contributed by atoms with van der Waals surface area (Å²) in [4.78, 5) is 28.4. The number of nitrogens with one attached hydrogen (secondary N) is 1. The number of rotatable bonds is 7. The first-order chi connectivity index (χ1) is 15.0. The minimum atomic E-state index is -0.310. The summed E-state index contributed by atoms with van der Waals surface area (Å²) in [7, 11) is 0. The zero-order chi connectivity index (χ0) is 21.8. The lowest BCUT2D eigenvalue weighted by atomic mass is 10.3. The van der Waals surface area contributed by atoms with E-state index in [0.29, 0.717) is 39.3 Å². The summed E-state index contributed by atoms with van der Waals surface area (Å²) in [6.07, 6.45) is 0. The van der Waals surface area contributed by atoms with Crippen LogP contribution in [0.2, 0.25) is 5.02 Å². The Labute approximate surface area is 182 Å². The second-order valence-corrected chi connectivity index (χ2v) is 7.12.